The van der Waals surface area contributed by atoms with Crippen LogP contribution < -0.4 is 11.1 Å². The number of aromatic nitrogens is 1. The molecule has 0 amide bonds. The fraction of sp³-hybridized carbons (Fsp3) is 0.462. The average molecular weight is 263 g/mol. The fourth-order valence-corrected chi connectivity index (χ4v) is 2.19. The summed E-state index contributed by atoms with van der Waals surface area (Å²) in [7, 11) is 0. The highest BCUT2D eigenvalue weighted by Crippen LogP contribution is 2.24. The summed E-state index contributed by atoms with van der Waals surface area (Å²) in [4.78, 5) is 4.29. The minimum atomic E-state index is -0.752. The van der Waals surface area contributed by atoms with Gasteiger partial charge in [-0.15, -0.1) is 0 Å². The van der Waals surface area contributed by atoms with Crippen LogP contribution in [0.5, 0.6) is 0 Å². The molecule has 1 aromatic carbocycles. The third kappa shape index (κ3) is 2.64. The van der Waals surface area contributed by atoms with Crippen LogP contribution in [-0.4, -0.2) is 35.5 Å². The SMILES string of the molecule is Nc1ccc2nc(NCC3(O)CCOCC3)oc2c1. The zero-order chi connectivity index (χ0) is 13.3. The molecule has 0 saturated carbocycles. The summed E-state index contributed by atoms with van der Waals surface area (Å²) < 4.78 is 10.8. The predicted molar refractivity (Wildman–Crippen MR) is 71.9 cm³/mol. The van der Waals surface area contributed by atoms with Crippen LogP contribution in [0.25, 0.3) is 11.1 Å². The van der Waals surface area contributed by atoms with Crippen LogP contribution in [0.3, 0.4) is 0 Å². The molecule has 0 bridgehead atoms. The summed E-state index contributed by atoms with van der Waals surface area (Å²) in [5, 5.41) is 13.4. The summed E-state index contributed by atoms with van der Waals surface area (Å²) in [5.74, 6) is 0. The molecule has 1 aliphatic heterocycles. The van der Waals surface area contributed by atoms with Crippen LogP contribution in [0.1, 0.15) is 12.8 Å². The quantitative estimate of drug-likeness (QED) is 0.724. The molecule has 0 radical (unpaired) electrons. The van der Waals surface area contributed by atoms with Crippen LogP contribution in [0.2, 0.25) is 0 Å². The number of hydrogen-bond acceptors (Lipinski definition) is 6. The first-order valence-electron chi connectivity index (χ1n) is 6.35. The van der Waals surface area contributed by atoms with Crippen LogP contribution in [0.4, 0.5) is 11.7 Å². The molecule has 6 heteroatoms. The molecule has 1 fully saturated rings. The summed E-state index contributed by atoms with van der Waals surface area (Å²) >= 11 is 0. The highest BCUT2D eigenvalue weighted by molar-refractivity contribution is 5.78. The van der Waals surface area contributed by atoms with E-state index in [0.29, 0.717) is 49.9 Å². The van der Waals surface area contributed by atoms with Gasteiger partial charge in [-0.25, -0.2) is 0 Å². The lowest BCUT2D eigenvalue weighted by Crippen LogP contribution is -2.42. The Kier molecular flexibility index (Phi) is 3.04. The van der Waals surface area contributed by atoms with Crippen LogP contribution >= 0.6 is 0 Å². The molecular formula is C13H17N3O3. The topological polar surface area (TPSA) is 93.5 Å². The number of nitrogen functional groups attached to an aromatic ring is 1. The van der Waals surface area contributed by atoms with Gasteiger partial charge in [-0.3, -0.25) is 0 Å². The van der Waals surface area contributed by atoms with E-state index >= 15 is 0 Å². The van der Waals surface area contributed by atoms with Crippen molar-refractivity contribution in [3.63, 3.8) is 0 Å². The maximum atomic E-state index is 10.3. The van der Waals surface area contributed by atoms with Crippen molar-refractivity contribution in [1.29, 1.82) is 0 Å². The molecule has 3 rings (SSSR count). The lowest BCUT2D eigenvalue weighted by Gasteiger charge is -2.31. The first-order chi connectivity index (χ1) is 9.15. The van der Waals surface area contributed by atoms with Gasteiger partial charge in [0.05, 0.1) is 5.60 Å². The van der Waals surface area contributed by atoms with Crippen LogP contribution in [0, 0.1) is 0 Å². The second-order valence-electron chi connectivity index (χ2n) is 4.94. The first kappa shape index (κ1) is 12.3. The Morgan fingerprint density at radius 2 is 2.16 bits per heavy atom. The van der Waals surface area contributed by atoms with E-state index in [0.717, 1.165) is 5.52 Å². The molecule has 0 spiro atoms. The van der Waals surface area contributed by atoms with Gasteiger partial charge in [0.15, 0.2) is 5.58 Å². The van der Waals surface area contributed by atoms with E-state index < -0.39 is 5.60 Å². The second kappa shape index (κ2) is 4.71. The van der Waals surface area contributed by atoms with E-state index in [4.69, 9.17) is 14.9 Å². The zero-order valence-corrected chi connectivity index (χ0v) is 10.6. The van der Waals surface area contributed by atoms with Gasteiger partial charge < -0.3 is 25.3 Å². The lowest BCUT2D eigenvalue weighted by molar-refractivity contribution is -0.0545. The van der Waals surface area contributed by atoms with E-state index in [1.165, 1.54) is 0 Å². The molecule has 102 valence electrons. The van der Waals surface area contributed by atoms with Crippen molar-refractivity contribution in [3.8, 4) is 0 Å². The summed E-state index contributed by atoms with van der Waals surface area (Å²) in [6.07, 6.45) is 1.24. The molecule has 0 atom stereocenters. The van der Waals surface area contributed by atoms with Crippen molar-refractivity contribution in [2.24, 2.45) is 0 Å². The summed E-state index contributed by atoms with van der Waals surface area (Å²) in [6, 6.07) is 5.72. The van der Waals surface area contributed by atoms with Crippen molar-refractivity contribution in [2.75, 3.05) is 30.8 Å². The summed E-state index contributed by atoms with van der Waals surface area (Å²) in [6.45, 7) is 1.57. The zero-order valence-electron chi connectivity index (χ0n) is 10.6. The van der Waals surface area contributed by atoms with E-state index in [9.17, 15) is 5.11 Å². The van der Waals surface area contributed by atoms with Gasteiger partial charge in [0, 0.05) is 44.4 Å². The number of hydrogen-bond donors (Lipinski definition) is 3. The number of nitrogens with two attached hydrogens (primary N) is 1. The van der Waals surface area contributed by atoms with Gasteiger partial charge >= 0.3 is 0 Å². The number of nitrogens with one attached hydrogen (secondary N) is 1. The third-order valence-electron chi connectivity index (χ3n) is 3.40. The minimum absolute atomic E-state index is 0.401. The van der Waals surface area contributed by atoms with Gasteiger partial charge in [0.25, 0.3) is 6.01 Å². The van der Waals surface area contributed by atoms with Gasteiger partial charge in [-0.2, -0.15) is 4.98 Å². The number of benzene rings is 1. The number of ether oxygens (including phenoxy) is 1. The Balaban J connectivity index is 1.71. The van der Waals surface area contributed by atoms with Crippen molar-refractivity contribution in [2.45, 2.75) is 18.4 Å². The number of aliphatic hydroxyl groups is 1. The molecule has 19 heavy (non-hydrogen) atoms. The van der Waals surface area contributed by atoms with Gasteiger partial charge in [0.1, 0.15) is 5.52 Å². The monoisotopic (exact) mass is 263 g/mol. The average Bonchev–Trinajstić information content (AvgIpc) is 2.79. The van der Waals surface area contributed by atoms with E-state index in [1.54, 1.807) is 12.1 Å². The first-order valence-corrected chi connectivity index (χ1v) is 6.35. The molecule has 1 saturated heterocycles. The normalized spacial score (nSPS) is 18.6. The largest absolute Gasteiger partial charge is 0.423 e. The molecule has 0 aliphatic carbocycles. The standard InChI is InChI=1S/C13H17N3O3/c14-9-1-2-10-11(7-9)19-12(16-10)15-8-13(17)3-5-18-6-4-13/h1-2,7,17H,3-6,8,14H2,(H,15,16). The Morgan fingerprint density at radius 3 is 2.95 bits per heavy atom. The molecule has 4 N–H and O–H groups in total. The number of rotatable bonds is 3. The number of nitrogens with zero attached hydrogens (tertiary/aromatic N) is 1. The van der Waals surface area contributed by atoms with Gasteiger partial charge in [0.2, 0.25) is 0 Å². The number of fused-ring (bicyclic) bond motifs is 1. The minimum Gasteiger partial charge on any atom is -0.423 e. The molecule has 6 nitrogen and oxygen atoms in total. The van der Waals surface area contributed by atoms with Crippen LogP contribution in [0.15, 0.2) is 22.6 Å². The molecule has 2 aromatic rings. The molecular weight excluding hydrogens is 246 g/mol. The maximum absolute atomic E-state index is 10.3. The van der Waals surface area contributed by atoms with E-state index in [-0.39, 0.29) is 0 Å². The molecule has 2 heterocycles. The second-order valence-corrected chi connectivity index (χ2v) is 4.94. The van der Waals surface area contributed by atoms with Gasteiger partial charge in [-0.05, 0) is 12.1 Å². The van der Waals surface area contributed by atoms with E-state index in [2.05, 4.69) is 10.3 Å². The highest BCUT2D eigenvalue weighted by atomic mass is 16.5. The Labute approximate surface area is 110 Å². The van der Waals surface area contributed by atoms with E-state index in [1.807, 2.05) is 6.07 Å². The molecule has 1 aliphatic rings. The van der Waals surface area contributed by atoms with Gasteiger partial charge in [-0.1, -0.05) is 0 Å². The fourth-order valence-electron chi connectivity index (χ4n) is 2.19. The highest BCUT2D eigenvalue weighted by Gasteiger charge is 2.29. The number of anilines is 2. The summed E-state index contributed by atoms with van der Waals surface area (Å²) in [5.41, 5.74) is 6.95. The lowest BCUT2D eigenvalue weighted by atomic mass is 9.94. The maximum Gasteiger partial charge on any atom is 0.295 e. The third-order valence-corrected chi connectivity index (χ3v) is 3.40. The van der Waals surface area contributed by atoms with Crippen molar-refractivity contribution in [1.82, 2.24) is 4.98 Å². The van der Waals surface area contributed by atoms with Crippen molar-refractivity contribution in [3.05, 3.63) is 18.2 Å². The van der Waals surface area contributed by atoms with Crippen molar-refractivity contribution >= 4 is 22.8 Å². The Hall–Kier alpha value is -1.79. The van der Waals surface area contributed by atoms with Crippen LogP contribution in [-0.2, 0) is 4.74 Å². The Bertz CT molecular complexity index is 576. The smallest absolute Gasteiger partial charge is 0.295 e. The Morgan fingerprint density at radius 1 is 1.37 bits per heavy atom. The number of oxazole rings is 1. The molecule has 1 aromatic heterocycles. The predicted octanol–water partition coefficient (Wildman–Crippen LogP) is 1.36. The van der Waals surface area contributed by atoms with Crippen molar-refractivity contribution < 1.29 is 14.3 Å². The molecule has 0 unspecified atom stereocenters.